The molecule has 0 saturated heterocycles. The molecule has 0 rings (SSSR count). The van der Waals surface area contributed by atoms with Gasteiger partial charge in [-0.15, -0.1) is 6.58 Å². The van der Waals surface area contributed by atoms with E-state index in [-0.39, 0.29) is 11.8 Å². The molecule has 1 N–H and O–H groups in total. The Hall–Kier alpha value is -1.36. The molecule has 0 aromatic carbocycles. The minimum absolute atomic E-state index is 0.167. The molecule has 0 radical (unpaired) electrons. The van der Waals surface area contributed by atoms with Crippen LogP contribution in [0.2, 0.25) is 0 Å². The molecule has 0 aliphatic rings. The molecule has 0 bridgehead atoms. The van der Waals surface area contributed by atoms with E-state index in [2.05, 4.69) is 11.9 Å². The van der Waals surface area contributed by atoms with Gasteiger partial charge < -0.3 is 5.32 Å². The first-order valence-corrected chi connectivity index (χ1v) is 4.78. The summed E-state index contributed by atoms with van der Waals surface area (Å²) in [5, 5.41) is 3.69. The average molecular weight is 214 g/mol. The minimum atomic E-state index is -0.597. The van der Waals surface area contributed by atoms with Crippen molar-refractivity contribution in [2.45, 2.75) is 25.8 Å². The highest BCUT2D eigenvalue weighted by Gasteiger charge is 2.22. The molecule has 0 heterocycles. The topological polar surface area (TPSA) is 58.6 Å². The lowest BCUT2D eigenvalue weighted by molar-refractivity contribution is -0.171. The SMILES string of the molecule is C=CCC(NC(=O)CC)C(=O)N(C)OC. The number of likely N-dealkylation sites (N-methyl/N-ethyl adjacent to an activating group) is 1. The summed E-state index contributed by atoms with van der Waals surface area (Å²) < 4.78 is 0. The molecule has 0 fully saturated rings. The Morgan fingerprint density at radius 1 is 1.60 bits per heavy atom. The van der Waals surface area contributed by atoms with Gasteiger partial charge in [0.05, 0.1) is 7.11 Å². The van der Waals surface area contributed by atoms with E-state index in [0.717, 1.165) is 5.06 Å². The molecule has 1 atom stereocenters. The largest absolute Gasteiger partial charge is 0.344 e. The van der Waals surface area contributed by atoms with Crippen molar-refractivity contribution in [2.75, 3.05) is 14.2 Å². The summed E-state index contributed by atoms with van der Waals surface area (Å²) in [5.41, 5.74) is 0. The second-order valence-electron chi connectivity index (χ2n) is 3.02. The first-order valence-electron chi connectivity index (χ1n) is 4.78. The number of rotatable bonds is 6. The van der Waals surface area contributed by atoms with Gasteiger partial charge in [-0.3, -0.25) is 14.4 Å². The van der Waals surface area contributed by atoms with Crippen molar-refractivity contribution in [1.29, 1.82) is 0 Å². The number of hydrogen-bond donors (Lipinski definition) is 1. The molecule has 0 aromatic rings. The van der Waals surface area contributed by atoms with Crippen LogP contribution in [0, 0.1) is 0 Å². The summed E-state index contributed by atoms with van der Waals surface area (Å²) in [6.07, 6.45) is 2.32. The van der Waals surface area contributed by atoms with Gasteiger partial charge in [0.2, 0.25) is 5.91 Å². The first-order chi connectivity index (χ1) is 7.06. The van der Waals surface area contributed by atoms with Crippen LogP contribution in [0.25, 0.3) is 0 Å². The quantitative estimate of drug-likeness (QED) is 0.516. The number of amides is 2. The number of hydrogen-bond acceptors (Lipinski definition) is 3. The predicted molar refractivity (Wildman–Crippen MR) is 56.8 cm³/mol. The highest BCUT2D eigenvalue weighted by atomic mass is 16.7. The Bertz CT molecular complexity index is 241. The Morgan fingerprint density at radius 2 is 2.20 bits per heavy atom. The van der Waals surface area contributed by atoms with E-state index in [1.165, 1.54) is 14.2 Å². The molecule has 86 valence electrons. The lowest BCUT2D eigenvalue weighted by Gasteiger charge is -2.21. The number of carbonyl (C=O) groups excluding carboxylic acids is 2. The molecular weight excluding hydrogens is 196 g/mol. The normalized spacial score (nSPS) is 11.7. The summed E-state index contributed by atoms with van der Waals surface area (Å²) in [7, 11) is 2.89. The molecular formula is C10H18N2O3. The smallest absolute Gasteiger partial charge is 0.268 e. The molecule has 0 spiro atoms. The molecule has 5 nitrogen and oxygen atoms in total. The maximum atomic E-state index is 11.7. The van der Waals surface area contributed by atoms with Crippen LogP contribution in [-0.4, -0.2) is 37.1 Å². The van der Waals surface area contributed by atoms with Gasteiger partial charge in [0.15, 0.2) is 0 Å². The number of hydroxylamine groups is 2. The van der Waals surface area contributed by atoms with Crippen LogP contribution in [0.1, 0.15) is 19.8 Å². The van der Waals surface area contributed by atoms with Gasteiger partial charge >= 0.3 is 0 Å². The van der Waals surface area contributed by atoms with Crippen LogP contribution in [0.15, 0.2) is 12.7 Å². The summed E-state index contributed by atoms with van der Waals surface area (Å²) in [6.45, 7) is 5.27. The fourth-order valence-electron chi connectivity index (χ4n) is 0.994. The third-order valence-electron chi connectivity index (χ3n) is 1.94. The lowest BCUT2D eigenvalue weighted by atomic mass is 10.2. The molecule has 2 amide bonds. The zero-order valence-corrected chi connectivity index (χ0v) is 9.45. The van der Waals surface area contributed by atoms with Gasteiger partial charge in [-0.1, -0.05) is 13.0 Å². The van der Waals surface area contributed by atoms with Crippen LogP contribution in [0.3, 0.4) is 0 Å². The number of nitrogens with one attached hydrogen (secondary N) is 1. The van der Waals surface area contributed by atoms with Gasteiger partial charge in [0.1, 0.15) is 6.04 Å². The maximum Gasteiger partial charge on any atom is 0.268 e. The highest BCUT2D eigenvalue weighted by molar-refractivity contribution is 5.86. The van der Waals surface area contributed by atoms with Crippen molar-refractivity contribution in [3.8, 4) is 0 Å². The van der Waals surface area contributed by atoms with Crippen molar-refractivity contribution in [3.63, 3.8) is 0 Å². The third-order valence-corrected chi connectivity index (χ3v) is 1.94. The van der Waals surface area contributed by atoms with Crippen molar-refractivity contribution < 1.29 is 14.4 Å². The first kappa shape index (κ1) is 13.6. The van der Waals surface area contributed by atoms with E-state index in [4.69, 9.17) is 4.84 Å². The fraction of sp³-hybridized carbons (Fsp3) is 0.600. The van der Waals surface area contributed by atoms with Crippen molar-refractivity contribution in [3.05, 3.63) is 12.7 Å². The van der Waals surface area contributed by atoms with E-state index in [0.29, 0.717) is 12.8 Å². The average Bonchev–Trinajstić information content (AvgIpc) is 2.26. The van der Waals surface area contributed by atoms with Crippen LogP contribution in [-0.2, 0) is 14.4 Å². The second-order valence-corrected chi connectivity index (χ2v) is 3.02. The molecule has 0 aromatic heterocycles. The fourth-order valence-corrected chi connectivity index (χ4v) is 0.994. The lowest BCUT2D eigenvalue weighted by Crippen LogP contribution is -2.46. The zero-order valence-electron chi connectivity index (χ0n) is 9.45. The van der Waals surface area contributed by atoms with Crippen LogP contribution < -0.4 is 5.32 Å². The third kappa shape index (κ3) is 4.60. The predicted octanol–water partition coefficient (Wildman–Crippen LogP) is 0.477. The van der Waals surface area contributed by atoms with Gasteiger partial charge in [0, 0.05) is 13.5 Å². The molecule has 0 aliphatic heterocycles. The molecule has 1 unspecified atom stereocenters. The monoisotopic (exact) mass is 214 g/mol. The van der Waals surface area contributed by atoms with Gasteiger partial charge in [-0.25, -0.2) is 5.06 Å². The molecule has 15 heavy (non-hydrogen) atoms. The van der Waals surface area contributed by atoms with E-state index in [9.17, 15) is 9.59 Å². The van der Waals surface area contributed by atoms with Crippen molar-refractivity contribution in [1.82, 2.24) is 10.4 Å². The zero-order chi connectivity index (χ0) is 11.8. The van der Waals surface area contributed by atoms with Gasteiger partial charge in [-0.2, -0.15) is 0 Å². The molecule has 5 heteroatoms. The summed E-state index contributed by atoms with van der Waals surface area (Å²) in [5.74, 6) is -0.459. The standard InChI is InChI=1S/C10H18N2O3/c1-5-7-8(11-9(13)6-2)10(14)12(3)15-4/h5,8H,1,6-7H2,2-4H3,(H,11,13). The Labute approximate surface area is 90.0 Å². The number of nitrogens with zero attached hydrogens (tertiary/aromatic N) is 1. The minimum Gasteiger partial charge on any atom is -0.344 e. The van der Waals surface area contributed by atoms with Crippen LogP contribution in [0.5, 0.6) is 0 Å². The summed E-state index contributed by atoms with van der Waals surface area (Å²) in [6, 6.07) is -0.597. The highest BCUT2D eigenvalue weighted by Crippen LogP contribution is 1.99. The Balaban J connectivity index is 4.43. The Kier molecular flexibility index (Phi) is 6.37. The van der Waals surface area contributed by atoms with E-state index in [1.54, 1.807) is 13.0 Å². The summed E-state index contributed by atoms with van der Waals surface area (Å²) >= 11 is 0. The van der Waals surface area contributed by atoms with E-state index < -0.39 is 6.04 Å². The Morgan fingerprint density at radius 3 is 2.60 bits per heavy atom. The van der Waals surface area contributed by atoms with E-state index >= 15 is 0 Å². The van der Waals surface area contributed by atoms with Crippen molar-refractivity contribution in [2.24, 2.45) is 0 Å². The van der Waals surface area contributed by atoms with Gasteiger partial charge in [-0.05, 0) is 6.42 Å². The summed E-state index contributed by atoms with van der Waals surface area (Å²) in [4.78, 5) is 27.6. The second kappa shape index (κ2) is 7.00. The van der Waals surface area contributed by atoms with Gasteiger partial charge in [0.25, 0.3) is 5.91 Å². The van der Waals surface area contributed by atoms with Crippen molar-refractivity contribution >= 4 is 11.8 Å². The number of carbonyl (C=O) groups is 2. The van der Waals surface area contributed by atoms with Crippen LogP contribution in [0.4, 0.5) is 0 Å². The van der Waals surface area contributed by atoms with Crippen LogP contribution >= 0.6 is 0 Å². The maximum absolute atomic E-state index is 11.7. The molecule has 0 aliphatic carbocycles. The molecule has 0 saturated carbocycles. The van der Waals surface area contributed by atoms with E-state index in [1.807, 2.05) is 0 Å².